The molecular formula is C13H18N4O. The Kier molecular flexibility index (Phi) is 4.07. The normalized spacial score (nSPS) is 12.9. The van der Waals surface area contributed by atoms with Crippen LogP contribution >= 0.6 is 0 Å². The Morgan fingerprint density at radius 1 is 1.39 bits per heavy atom. The van der Waals surface area contributed by atoms with Gasteiger partial charge in [-0.05, 0) is 31.7 Å². The first-order valence-corrected chi connectivity index (χ1v) is 5.93. The summed E-state index contributed by atoms with van der Waals surface area (Å²) >= 11 is 0. The van der Waals surface area contributed by atoms with Gasteiger partial charge in [0.15, 0.2) is 0 Å². The molecule has 5 heteroatoms. The van der Waals surface area contributed by atoms with Crippen LogP contribution < -0.4 is 5.73 Å². The summed E-state index contributed by atoms with van der Waals surface area (Å²) in [6.07, 6.45) is 3.57. The van der Waals surface area contributed by atoms with E-state index in [0.717, 1.165) is 17.0 Å². The summed E-state index contributed by atoms with van der Waals surface area (Å²) in [5.74, 6) is 0.826. The van der Waals surface area contributed by atoms with E-state index in [1.165, 1.54) is 0 Å². The fraction of sp³-hybridized carbons (Fsp3) is 0.385. The van der Waals surface area contributed by atoms with Crippen LogP contribution in [0.3, 0.4) is 0 Å². The lowest BCUT2D eigenvalue weighted by molar-refractivity contribution is 0.234. The van der Waals surface area contributed by atoms with Gasteiger partial charge in [-0.2, -0.15) is 0 Å². The summed E-state index contributed by atoms with van der Waals surface area (Å²) in [6, 6.07) is 6.07. The number of hydrogen-bond donors (Lipinski definition) is 1. The van der Waals surface area contributed by atoms with Crippen LogP contribution in [-0.2, 0) is 6.54 Å². The Bertz CT molecular complexity index is 483. The molecule has 1 atom stereocenters. The minimum Gasteiger partial charge on any atom is -0.361 e. The van der Waals surface area contributed by atoms with Crippen molar-refractivity contribution in [2.45, 2.75) is 19.5 Å². The van der Waals surface area contributed by atoms with Crippen molar-refractivity contribution in [2.75, 3.05) is 13.6 Å². The molecule has 0 amide bonds. The summed E-state index contributed by atoms with van der Waals surface area (Å²) < 4.78 is 5.07. The van der Waals surface area contributed by atoms with E-state index in [1.54, 1.807) is 12.4 Å². The van der Waals surface area contributed by atoms with Gasteiger partial charge in [-0.15, -0.1) is 0 Å². The van der Waals surface area contributed by atoms with Crippen molar-refractivity contribution in [3.63, 3.8) is 0 Å². The fourth-order valence-electron chi connectivity index (χ4n) is 2.01. The number of pyridine rings is 1. The van der Waals surface area contributed by atoms with Gasteiger partial charge < -0.3 is 10.3 Å². The molecule has 2 heterocycles. The molecule has 2 aromatic rings. The van der Waals surface area contributed by atoms with E-state index in [2.05, 4.69) is 15.0 Å². The monoisotopic (exact) mass is 246 g/mol. The van der Waals surface area contributed by atoms with E-state index < -0.39 is 0 Å². The van der Waals surface area contributed by atoms with Crippen molar-refractivity contribution in [3.8, 4) is 0 Å². The zero-order valence-electron chi connectivity index (χ0n) is 10.7. The quantitative estimate of drug-likeness (QED) is 0.866. The predicted molar refractivity (Wildman–Crippen MR) is 68.7 cm³/mol. The molecule has 0 aromatic carbocycles. The maximum absolute atomic E-state index is 5.86. The molecule has 2 rings (SSSR count). The van der Waals surface area contributed by atoms with Gasteiger partial charge in [-0.3, -0.25) is 9.88 Å². The molecule has 0 saturated carbocycles. The Balaban J connectivity index is 2.08. The van der Waals surface area contributed by atoms with Crippen LogP contribution in [0.4, 0.5) is 0 Å². The van der Waals surface area contributed by atoms with E-state index in [0.29, 0.717) is 13.1 Å². The molecule has 5 nitrogen and oxygen atoms in total. The van der Waals surface area contributed by atoms with Crippen LogP contribution in [0.5, 0.6) is 0 Å². The lowest BCUT2D eigenvalue weighted by atomic mass is 10.1. The van der Waals surface area contributed by atoms with Gasteiger partial charge in [0.25, 0.3) is 0 Å². The lowest BCUT2D eigenvalue weighted by Gasteiger charge is -2.26. The molecule has 0 aliphatic heterocycles. The van der Waals surface area contributed by atoms with Crippen LogP contribution in [0.15, 0.2) is 35.1 Å². The van der Waals surface area contributed by atoms with E-state index >= 15 is 0 Å². The number of hydrogen-bond acceptors (Lipinski definition) is 5. The first-order valence-electron chi connectivity index (χ1n) is 5.93. The highest BCUT2D eigenvalue weighted by atomic mass is 16.5. The maximum Gasteiger partial charge on any atom is 0.133 e. The largest absolute Gasteiger partial charge is 0.361 e. The number of nitrogens with zero attached hydrogens (tertiary/aromatic N) is 3. The molecule has 2 aromatic heterocycles. The fourth-order valence-corrected chi connectivity index (χ4v) is 2.01. The molecule has 0 spiro atoms. The Morgan fingerprint density at radius 3 is 2.67 bits per heavy atom. The summed E-state index contributed by atoms with van der Waals surface area (Å²) in [6.45, 7) is 3.15. The molecule has 0 bridgehead atoms. The Morgan fingerprint density at radius 2 is 2.11 bits per heavy atom. The molecule has 96 valence electrons. The zero-order valence-corrected chi connectivity index (χ0v) is 10.7. The number of aryl methyl sites for hydroxylation is 1. The highest BCUT2D eigenvalue weighted by molar-refractivity contribution is 5.16. The second kappa shape index (κ2) is 5.75. The van der Waals surface area contributed by atoms with Gasteiger partial charge in [0.1, 0.15) is 5.76 Å². The van der Waals surface area contributed by atoms with Crippen LogP contribution in [0.25, 0.3) is 0 Å². The molecule has 0 aliphatic carbocycles. The third kappa shape index (κ3) is 2.94. The van der Waals surface area contributed by atoms with Crippen molar-refractivity contribution in [1.29, 1.82) is 0 Å². The topological polar surface area (TPSA) is 68.2 Å². The van der Waals surface area contributed by atoms with Crippen molar-refractivity contribution in [2.24, 2.45) is 5.73 Å². The maximum atomic E-state index is 5.86. The van der Waals surface area contributed by atoms with Crippen LogP contribution in [0, 0.1) is 6.92 Å². The lowest BCUT2D eigenvalue weighted by Crippen LogP contribution is -2.30. The number of rotatable bonds is 5. The van der Waals surface area contributed by atoms with Gasteiger partial charge in [-0.1, -0.05) is 5.16 Å². The summed E-state index contributed by atoms with van der Waals surface area (Å²) in [5, 5.41) is 4.00. The first-order chi connectivity index (χ1) is 8.70. The molecule has 1 unspecified atom stereocenters. The van der Waals surface area contributed by atoms with Gasteiger partial charge in [-0.25, -0.2) is 0 Å². The average molecular weight is 246 g/mol. The van der Waals surface area contributed by atoms with E-state index in [1.807, 2.05) is 32.2 Å². The smallest absolute Gasteiger partial charge is 0.133 e. The van der Waals surface area contributed by atoms with Gasteiger partial charge in [0.2, 0.25) is 0 Å². The van der Waals surface area contributed by atoms with E-state index in [4.69, 9.17) is 10.3 Å². The highest BCUT2D eigenvalue weighted by Crippen LogP contribution is 2.19. The molecular weight excluding hydrogens is 228 g/mol. The van der Waals surface area contributed by atoms with Crippen molar-refractivity contribution < 1.29 is 4.52 Å². The highest BCUT2D eigenvalue weighted by Gasteiger charge is 2.16. The van der Waals surface area contributed by atoms with Crippen molar-refractivity contribution in [3.05, 3.63) is 47.6 Å². The number of likely N-dealkylation sites (N-methyl/N-ethyl adjacent to an activating group) is 1. The molecule has 0 fully saturated rings. The SMILES string of the molecule is Cc1cc(CN(C)C(CN)c2ccncc2)no1. The Hall–Kier alpha value is -1.72. The average Bonchev–Trinajstić information content (AvgIpc) is 2.77. The molecule has 0 aliphatic rings. The molecule has 18 heavy (non-hydrogen) atoms. The standard InChI is InChI=1S/C13H18N4O/c1-10-7-12(16-18-10)9-17(2)13(8-14)11-3-5-15-6-4-11/h3-7,13H,8-9,14H2,1-2H3. The minimum absolute atomic E-state index is 0.157. The third-order valence-corrected chi connectivity index (χ3v) is 2.93. The summed E-state index contributed by atoms with van der Waals surface area (Å²) in [5.41, 5.74) is 7.94. The summed E-state index contributed by atoms with van der Waals surface area (Å²) in [4.78, 5) is 6.18. The second-order valence-corrected chi connectivity index (χ2v) is 4.38. The molecule has 0 radical (unpaired) electrons. The number of aromatic nitrogens is 2. The van der Waals surface area contributed by atoms with Crippen LogP contribution in [0.2, 0.25) is 0 Å². The van der Waals surface area contributed by atoms with Crippen LogP contribution in [0.1, 0.15) is 23.1 Å². The van der Waals surface area contributed by atoms with Crippen molar-refractivity contribution >= 4 is 0 Å². The van der Waals surface area contributed by atoms with E-state index in [-0.39, 0.29) is 6.04 Å². The van der Waals surface area contributed by atoms with Gasteiger partial charge in [0.05, 0.1) is 5.69 Å². The third-order valence-electron chi connectivity index (χ3n) is 2.93. The number of nitrogens with two attached hydrogens (primary N) is 1. The molecule has 0 saturated heterocycles. The molecule has 2 N–H and O–H groups in total. The van der Waals surface area contributed by atoms with Crippen molar-refractivity contribution in [1.82, 2.24) is 15.0 Å². The minimum atomic E-state index is 0.157. The predicted octanol–water partition coefficient (Wildman–Crippen LogP) is 1.51. The Labute approximate surface area is 107 Å². The van der Waals surface area contributed by atoms with Crippen LogP contribution in [-0.4, -0.2) is 28.6 Å². The summed E-state index contributed by atoms with van der Waals surface area (Å²) in [7, 11) is 2.03. The van der Waals surface area contributed by atoms with E-state index in [9.17, 15) is 0 Å². The first kappa shape index (κ1) is 12.7. The zero-order chi connectivity index (χ0) is 13.0. The van der Waals surface area contributed by atoms with Gasteiger partial charge >= 0.3 is 0 Å². The van der Waals surface area contributed by atoms with Gasteiger partial charge in [0, 0.05) is 37.6 Å². The second-order valence-electron chi connectivity index (χ2n) is 4.38.